The Morgan fingerprint density at radius 3 is 2.23 bits per heavy atom. The van der Waals surface area contributed by atoms with Crippen LogP contribution >= 0.6 is 0 Å². The molecule has 2 aromatic rings. The minimum absolute atomic E-state index is 0.00214. The highest BCUT2D eigenvalue weighted by atomic mass is 19.4. The summed E-state index contributed by atoms with van der Waals surface area (Å²) in [4.78, 5) is 38.6. The zero-order chi connectivity index (χ0) is 31.9. The number of nitrogens with one attached hydrogen (secondary N) is 2. The van der Waals surface area contributed by atoms with Gasteiger partial charge in [-0.15, -0.1) is 0 Å². The third-order valence-electron chi connectivity index (χ3n) is 7.48. The molecule has 0 bridgehead atoms. The fourth-order valence-electron chi connectivity index (χ4n) is 4.90. The molecule has 1 heterocycles. The Hall–Kier alpha value is -3.30. The van der Waals surface area contributed by atoms with Crippen molar-refractivity contribution in [1.82, 2.24) is 10.6 Å². The molecular weight excluding hydrogens is 566 g/mol. The number of carbonyl (C=O) groups excluding carboxylic acids is 3. The third kappa shape index (κ3) is 9.34. The predicted molar refractivity (Wildman–Crippen MR) is 156 cm³/mol. The van der Waals surface area contributed by atoms with Crippen LogP contribution in [0.4, 0.5) is 13.2 Å². The highest BCUT2D eigenvalue weighted by Crippen LogP contribution is 2.30. The van der Waals surface area contributed by atoms with Crippen LogP contribution in [0, 0.1) is 0 Å². The van der Waals surface area contributed by atoms with Gasteiger partial charge in [0.1, 0.15) is 0 Å². The number of carbonyl (C=O) groups is 3. The van der Waals surface area contributed by atoms with Crippen molar-refractivity contribution >= 4 is 30.2 Å². The lowest BCUT2D eigenvalue weighted by Crippen LogP contribution is -2.49. The zero-order valence-corrected chi connectivity index (χ0v) is 24.2. The number of rotatable bonds is 14. The lowest BCUT2D eigenvalue weighted by atomic mass is 9.77. The average Bonchev–Trinajstić information content (AvgIpc) is 3.18. The molecule has 2 atom stereocenters. The molecule has 14 heteroatoms. The highest BCUT2D eigenvalue weighted by molar-refractivity contribution is 6.62. The van der Waals surface area contributed by atoms with Gasteiger partial charge in [-0.3, -0.25) is 14.4 Å². The third-order valence-corrected chi connectivity index (χ3v) is 7.48. The summed E-state index contributed by atoms with van der Waals surface area (Å²) >= 11 is 0. The van der Waals surface area contributed by atoms with Crippen LogP contribution in [0.15, 0.2) is 42.5 Å². The van der Waals surface area contributed by atoms with Gasteiger partial charge in [-0.05, 0) is 67.4 Å². The topological polar surface area (TPSA) is 183 Å². The molecule has 234 valence electrons. The maximum Gasteiger partial charge on any atom is 0.492 e. The van der Waals surface area contributed by atoms with Crippen LogP contribution in [0.1, 0.15) is 55.4 Å². The van der Waals surface area contributed by atoms with E-state index in [1.54, 1.807) is 18.2 Å². The van der Waals surface area contributed by atoms with Crippen LogP contribution in [0.3, 0.4) is 0 Å². The molecule has 10 nitrogen and oxygen atoms in total. The summed E-state index contributed by atoms with van der Waals surface area (Å²) in [6, 6.07) is 7.28. The van der Waals surface area contributed by atoms with Crippen LogP contribution in [0.5, 0.6) is 0 Å². The van der Waals surface area contributed by atoms with Crippen molar-refractivity contribution in [3.05, 3.63) is 64.7 Å². The number of Topliss-reactive ketones (excluding diaryl/α,β-unsaturated/α-hetero) is 1. The molecule has 0 aliphatic carbocycles. The van der Waals surface area contributed by atoms with Crippen molar-refractivity contribution in [2.24, 2.45) is 17.2 Å². The normalized spacial score (nSPS) is 15.6. The number of alkyl halides is 3. The largest absolute Gasteiger partial charge is 0.492 e. The summed E-state index contributed by atoms with van der Waals surface area (Å²) in [5.74, 6) is -1.37. The Morgan fingerprint density at radius 1 is 1.00 bits per heavy atom. The van der Waals surface area contributed by atoms with Gasteiger partial charge in [0.2, 0.25) is 11.8 Å². The van der Waals surface area contributed by atoms with E-state index in [4.69, 9.17) is 21.9 Å². The van der Waals surface area contributed by atoms with E-state index >= 15 is 0 Å². The predicted octanol–water partition coefficient (Wildman–Crippen LogP) is 0.397. The molecule has 9 N–H and O–H groups in total. The summed E-state index contributed by atoms with van der Waals surface area (Å²) in [6.45, 7) is 3.96. The van der Waals surface area contributed by atoms with E-state index in [0.717, 1.165) is 17.7 Å². The van der Waals surface area contributed by atoms with Gasteiger partial charge in [0.15, 0.2) is 5.78 Å². The molecule has 2 aromatic carbocycles. The smallest absolute Gasteiger partial charge is 0.423 e. The summed E-state index contributed by atoms with van der Waals surface area (Å²) < 4.78 is 44.5. The summed E-state index contributed by atoms with van der Waals surface area (Å²) in [5.41, 5.74) is 18.1. The average molecular weight is 605 g/mol. The molecule has 0 fully saturated rings. The molecule has 3 rings (SSSR count). The Balaban J connectivity index is 1.71. The van der Waals surface area contributed by atoms with Gasteiger partial charge >= 0.3 is 13.3 Å². The summed E-state index contributed by atoms with van der Waals surface area (Å²) in [5, 5.41) is 15.6. The molecule has 0 spiro atoms. The standard InChI is InChI=1S/C29H39BF3N5O5/c1-28(2)21-9-5-18(13-22(21)30(42)43-28)14-25(39)24(11-6-17-3-7-19(8-4-17)29(31,32)33)38-27(41)23(36)10-12-26(40)37-20(15-34)16-35/h3-5,7-9,13,20,23-24,42H,6,10-12,14-16,34-36H2,1-2H3,(H,37,40)(H,38,41)/t23-,24+/m0/s1. The molecule has 0 saturated heterocycles. The van der Waals surface area contributed by atoms with Crippen LogP contribution in [-0.4, -0.2) is 61.0 Å². The van der Waals surface area contributed by atoms with E-state index in [1.165, 1.54) is 12.1 Å². The van der Waals surface area contributed by atoms with Gasteiger partial charge in [-0.1, -0.05) is 30.3 Å². The first-order chi connectivity index (χ1) is 20.1. The first kappa shape index (κ1) is 34.2. The lowest BCUT2D eigenvalue weighted by molar-refractivity contribution is -0.137. The van der Waals surface area contributed by atoms with Gasteiger partial charge in [0.25, 0.3) is 0 Å². The quantitative estimate of drug-likeness (QED) is 0.167. The molecule has 0 unspecified atom stereocenters. The Morgan fingerprint density at radius 2 is 1.63 bits per heavy atom. The van der Waals surface area contributed by atoms with Crippen molar-refractivity contribution in [3.8, 4) is 0 Å². The van der Waals surface area contributed by atoms with Crippen molar-refractivity contribution in [2.45, 2.75) is 75.9 Å². The van der Waals surface area contributed by atoms with E-state index in [9.17, 15) is 32.6 Å². The number of benzene rings is 2. The number of ketones is 1. The van der Waals surface area contributed by atoms with Crippen LogP contribution in [-0.2, 0) is 43.7 Å². The Kier molecular flexibility index (Phi) is 11.5. The minimum atomic E-state index is -4.47. The number of nitrogens with two attached hydrogens (primary N) is 3. The summed E-state index contributed by atoms with van der Waals surface area (Å²) in [6.07, 6.45) is -4.33. The second kappa shape index (κ2) is 14.5. The van der Waals surface area contributed by atoms with Crippen molar-refractivity contribution in [1.29, 1.82) is 0 Å². The number of fused-ring (bicyclic) bond motifs is 1. The summed E-state index contributed by atoms with van der Waals surface area (Å²) in [7, 11) is -1.14. The number of hydrogen-bond acceptors (Lipinski definition) is 8. The van der Waals surface area contributed by atoms with Gasteiger partial charge in [0, 0.05) is 25.9 Å². The van der Waals surface area contributed by atoms with Crippen molar-refractivity contribution in [3.63, 3.8) is 0 Å². The minimum Gasteiger partial charge on any atom is -0.423 e. The van der Waals surface area contributed by atoms with Gasteiger partial charge < -0.3 is 37.5 Å². The second-order valence-electron chi connectivity index (χ2n) is 11.2. The Bertz CT molecular complexity index is 1290. The molecule has 0 radical (unpaired) electrons. The first-order valence-electron chi connectivity index (χ1n) is 14.1. The van der Waals surface area contributed by atoms with Crippen LogP contribution in [0.2, 0.25) is 0 Å². The fourth-order valence-corrected chi connectivity index (χ4v) is 4.90. The van der Waals surface area contributed by atoms with E-state index in [-0.39, 0.29) is 56.9 Å². The molecule has 1 aliphatic heterocycles. The maximum absolute atomic E-state index is 13.5. The molecule has 2 amide bonds. The fraction of sp³-hybridized carbons (Fsp3) is 0.483. The van der Waals surface area contributed by atoms with Gasteiger partial charge in [-0.25, -0.2) is 0 Å². The zero-order valence-electron chi connectivity index (χ0n) is 24.2. The monoisotopic (exact) mass is 605 g/mol. The van der Waals surface area contributed by atoms with E-state index in [1.807, 2.05) is 13.8 Å². The van der Waals surface area contributed by atoms with Crippen molar-refractivity contribution < 1.29 is 37.2 Å². The Labute approximate surface area is 249 Å². The van der Waals surface area contributed by atoms with Gasteiger partial charge in [-0.2, -0.15) is 13.2 Å². The molecule has 0 saturated carbocycles. The van der Waals surface area contributed by atoms with Crippen LogP contribution < -0.4 is 33.3 Å². The lowest BCUT2D eigenvalue weighted by Gasteiger charge is -2.21. The second-order valence-corrected chi connectivity index (χ2v) is 11.2. The van der Waals surface area contributed by atoms with E-state index in [0.29, 0.717) is 16.6 Å². The molecule has 0 aromatic heterocycles. The number of hydrogen-bond donors (Lipinski definition) is 6. The highest BCUT2D eigenvalue weighted by Gasteiger charge is 2.40. The van der Waals surface area contributed by atoms with E-state index < -0.39 is 48.5 Å². The molecular formula is C29H39BF3N5O5. The maximum atomic E-state index is 13.5. The number of amides is 2. The first-order valence-corrected chi connectivity index (χ1v) is 14.1. The van der Waals surface area contributed by atoms with Crippen molar-refractivity contribution in [2.75, 3.05) is 13.1 Å². The van der Waals surface area contributed by atoms with Gasteiger partial charge in [0.05, 0.1) is 29.3 Å². The van der Waals surface area contributed by atoms with Crippen LogP contribution in [0.25, 0.3) is 0 Å². The van der Waals surface area contributed by atoms with E-state index in [2.05, 4.69) is 10.6 Å². The SMILES string of the molecule is CC1(C)OB(O)c2cc(CC(=O)[C@@H](CCc3ccc(C(F)(F)F)cc3)NC(=O)[C@@H](N)CCC(=O)NC(CN)CN)ccc21. The molecule has 1 aliphatic rings. The number of aryl methyl sites for hydroxylation is 1. The number of halogens is 3. The molecule has 43 heavy (non-hydrogen) atoms.